The minimum absolute atomic E-state index is 0.0678. The van der Waals surface area contributed by atoms with Gasteiger partial charge in [-0.3, -0.25) is 4.68 Å². The summed E-state index contributed by atoms with van der Waals surface area (Å²) >= 11 is 0. The van der Waals surface area contributed by atoms with E-state index < -0.39 is 8.56 Å². The third-order valence-electron chi connectivity index (χ3n) is 3.01. The molecule has 0 aromatic carbocycles. The average molecular weight is 366 g/mol. The van der Waals surface area contributed by atoms with Crippen LogP contribution in [0.1, 0.15) is 19.0 Å². The van der Waals surface area contributed by atoms with E-state index in [4.69, 9.17) is 18.1 Å². The number of aryl methyl sites for hydroxylation is 1. The molecule has 0 bridgehead atoms. The van der Waals surface area contributed by atoms with E-state index in [9.17, 15) is 0 Å². The lowest BCUT2D eigenvalue weighted by Crippen LogP contribution is -2.41. The monoisotopic (exact) mass is 365 g/mol. The standard InChI is InChI=1S/C10H23N3O3Si3.H4OSi/c1-9(2)8-19(15-17,16-18)5-3-4-13-6-10(7-14)11-12-13;1-2/h6,14H,1,3-5,7-8H2,2,17-18H3;1H,2H3. The van der Waals surface area contributed by atoms with Gasteiger partial charge >= 0.3 is 8.56 Å². The van der Waals surface area contributed by atoms with E-state index in [-0.39, 0.29) is 6.61 Å². The first-order chi connectivity index (χ1) is 10.0. The van der Waals surface area contributed by atoms with Gasteiger partial charge in [-0.05, 0) is 19.4 Å². The van der Waals surface area contributed by atoms with Crippen molar-refractivity contribution in [3.05, 3.63) is 24.0 Å². The van der Waals surface area contributed by atoms with Crippen molar-refractivity contribution in [2.45, 2.75) is 38.6 Å². The van der Waals surface area contributed by atoms with Crippen LogP contribution in [0.25, 0.3) is 0 Å². The zero-order valence-electron chi connectivity index (χ0n) is 13.4. The van der Waals surface area contributed by atoms with Crippen LogP contribution in [0.3, 0.4) is 0 Å². The van der Waals surface area contributed by atoms with Crippen molar-refractivity contribution in [2.75, 3.05) is 0 Å². The molecule has 0 aliphatic rings. The lowest BCUT2D eigenvalue weighted by molar-refractivity contribution is 0.276. The highest BCUT2D eigenvalue weighted by atomic mass is 28.4. The third-order valence-corrected chi connectivity index (χ3v) is 11.2. The minimum atomic E-state index is -2.05. The molecule has 0 spiro atoms. The largest absolute Gasteiger partial charge is 0.445 e. The molecule has 0 radical (unpaired) electrons. The molecule has 21 heavy (non-hydrogen) atoms. The van der Waals surface area contributed by atoms with Crippen molar-refractivity contribution in [1.82, 2.24) is 15.0 Å². The molecular weight excluding hydrogens is 338 g/mol. The zero-order valence-corrected chi connectivity index (χ0v) is 20.4. The summed E-state index contributed by atoms with van der Waals surface area (Å²) in [5.41, 5.74) is 1.73. The van der Waals surface area contributed by atoms with Crippen molar-refractivity contribution >= 4 is 40.0 Å². The highest BCUT2D eigenvalue weighted by Crippen LogP contribution is 2.23. The molecule has 0 amide bonds. The molecule has 0 aliphatic heterocycles. The summed E-state index contributed by atoms with van der Waals surface area (Å²) in [4.78, 5) is 7.14. The van der Waals surface area contributed by atoms with Crippen LogP contribution in [-0.4, -0.2) is 64.9 Å². The van der Waals surface area contributed by atoms with E-state index in [0.29, 0.717) is 37.2 Å². The molecule has 1 aromatic rings. The zero-order chi connectivity index (χ0) is 16.3. The van der Waals surface area contributed by atoms with Crippen LogP contribution in [0.4, 0.5) is 0 Å². The second-order valence-corrected chi connectivity index (χ2v) is 10.6. The molecule has 0 fully saturated rings. The number of allylic oxidation sites excluding steroid dienone is 1. The fraction of sp³-hybridized carbons (Fsp3) is 0.600. The van der Waals surface area contributed by atoms with Crippen LogP contribution in [0.2, 0.25) is 12.1 Å². The molecule has 1 aromatic heterocycles. The Morgan fingerprint density at radius 1 is 1.43 bits per heavy atom. The second-order valence-electron chi connectivity index (χ2n) is 4.69. The first kappa shape index (κ1) is 20.6. The predicted molar refractivity (Wildman–Crippen MR) is 94.9 cm³/mol. The summed E-state index contributed by atoms with van der Waals surface area (Å²) in [5.74, 6) is 0. The number of hydrogen-bond acceptors (Lipinski definition) is 6. The number of nitrogens with zero attached hydrogens (tertiary/aromatic N) is 3. The molecule has 0 saturated heterocycles. The Kier molecular flexibility index (Phi) is 11.0. The Hall–Kier alpha value is -0.412. The Labute approximate surface area is 136 Å². The molecule has 0 atom stereocenters. The topological polar surface area (TPSA) is 89.6 Å². The van der Waals surface area contributed by atoms with E-state index in [0.717, 1.165) is 30.6 Å². The fourth-order valence-electron chi connectivity index (χ4n) is 2.01. The Balaban J connectivity index is 0.00000191. The summed E-state index contributed by atoms with van der Waals surface area (Å²) < 4.78 is 13.4. The number of hydrogen-bond donors (Lipinski definition) is 2. The summed E-state index contributed by atoms with van der Waals surface area (Å²) in [5, 5.41) is 16.7. The molecule has 11 heteroatoms. The lowest BCUT2D eigenvalue weighted by Gasteiger charge is -2.29. The van der Waals surface area contributed by atoms with Gasteiger partial charge in [-0.2, -0.15) is 0 Å². The Bertz CT molecular complexity index is 415. The van der Waals surface area contributed by atoms with Crippen LogP contribution in [0, 0.1) is 0 Å². The van der Waals surface area contributed by atoms with Crippen molar-refractivity contribution in [2.24, 2.45) is 0 Å². The van der Waals surface area contributed by atoms with Gasteiger partial charge in [0.1, 0.15) is 37.2 Å². The van der Waals surface area contributed by atoms with Crippen LogP contribution >= 0.6 is 0 Å². The second kappa shape index (κ2) is 11.2. The van der Waals surface area contributed by atoms with Gasteiger partial charge in [0.2, 0.25) is 0 Å². The van der Waals surface area contributed by atoms with Crippen molar-refractivity contribution < 1.29 is 18.1 Å². The summed E-state index contributed by atoms with van der Waals surface area (Å²) in [6.07, 6.45) is 2.71. The van der Waals surface area contributed by atoms with E-state index in [1.807, 2.05) is 6.92 Å². The van der Waals surface area contributed by atoms with Crippen LogP contribution in [0.5, 0.6) is 0 Å². The molecule has 1 rings (SSSR count). The van der Waals surface area contributed by atoms with Crippen LogP contribution in [0.15, 0.2) is 18.3 Å². The quantitative estimate of drug-likeness (QED) is 0.359. The van der Waals surface area contributed by atoms with Crippen molar-refractivity contribution in [3.63, 3.8) is 0 Å². The third kappa shape index (κ3) is 7.41. The summed E-state index contributed by atoms with van der Waals surface area (Å²) in [6, 6.07) is 1.82. The Morgan fingerprint density at radius 2 is 2.05 bits per heavy atom. The van der Waals surface area contributed by atoms with Crippen molar-refractivity contribution in [1.29, 1.82) is 0 Å². The van der Waals surface area contributed by atoms with Crippen LogP contribution < -0.4 is 0 Å². The number of aliphatic hydroxyl groups excluding tert-OH is 1. The molecule has 0 saturated carbocycles. The van der Waals surface area contributed by atoms with Gasteiger partial charge in [0.25, 0.3) is 0 Å². The molecular formula is C10H27N3O4Si4. The van der Waals surface area contributed by atoms with Gasteiger partial charge < -0.3 is 18.1 Å². The molecule has 0 aliphatic carbocycles. The van der Waals surface area contributed by atoms with Gasteiger partial charge in [-0.1, -0.05) is 10.8 Å². The molecule has 7 nitrogen and oxygen atoms in total. The maximum atomic E-state index is 8.93. The molecule has 122 valence electrons. The van der Waals surface area contributed by atoms with Crippen molar-refractivity contribution in [3.8, 4) is 0 Å². The first-order valence-electron chi connectivity index (χ1n) is 6.74. The minimum Gasteiger partial charge on any atom is -0.445 e. The lowest BCUT2D eigenvalue weighted by atomic mass is 10.4. The smallest absolute Gasteiger partial charge is 0.320 e. The van der Waals surface area contributed by atoms with Crippen LogP contribution in [-0.2, 0) is 21.4 Å². The van der Waals surface area contributed by atoms with Gasteiger partial charge in [-0.15, -0.1) is 11.7 Å². The maximum absolute atomic E-state index is 8.93. The highest BCUT2D eigenvalue weighted by molar-refractivity contribution is 6.73. The first-order valence-corrected chi connectivity index (χ1v) is 11.5. The normalized spacial score (nSPS) is 13.7. The maximum Gasteiger partial charge on any atom is 0.320 e. The van der Waals surface area contributed by atoms with Gasteiger partial charge in [-0.25, -0.2) is 0 Å². The highest BCUT2D eigenvalue weighted by Gasteiger charge is 2.33. The van der Waals surface area contributed by atoms with E-state index in [2.05, 4.69) is 16.9 Å². The Morgan fingerprint density at radius 3 is 2.48 bits per heavy atom. The van der Waals surface area contributed by atoms with E-state index in [1.165, 1.54) is 0 Å². The summed E-state index contributed by atoms with van der Waals surface area (Å²) in [7, 11) is -0.338. The SMILES string of the molecule is C=C(C)C[Si](CCCn1cc(CO)nn1)(O[SiH3])O[SiH3].O[SiH3]. The number of rotatable bonds is 9. The molecule has 0 unspecified atom stereocenters. The summed E-state index contributed by atoms with van der Waals surface area (Å²) in [6.45, 7) is 6.69. The number of aromatic nitrogens is 3. The van der Waals surface area contributed by atoms with Gasteiger partial charge in [0, 0.05) is 12.6 Å². The van der Waals surface area contributed by atoms with E-state index in [1.54, 1.807) is 10.9 Å². The average Bonchev–Trinajstić information content (AvgIpc) is 2.96. The van der Waals surface area contributed by atoms with Gasteiger partial charge in [0.15, 0.2) is 0 Å². The fourth-order valence-corrected chi connectivity index (χ4v) is 8.76. The van der Waals surface area contributed by atoms with Gasteiger partial charge in [0.05, 0.1) is 12.8 Å². The van der Waals surface area contributed by atoms with E-state index >= 15 is 0 Å². The predicted octanol–water partition coefficient (Wildman–Crippen LogP) is -2.97. The number of aliphatic hydroxyl groups is 1. The molecule has 1 heterocycles. The molecule has 2 N–H and O–H groups in total.